The first-order chi connectivity index (χ1) is 14.8. The summed E-state index contributed by atoms with van der Waals surface area (Å²) in [6.45, 7) is 31.6. The first-order valence-corrected chi connectivity index (χ1v) is 14.8. The van der Waals surface area contributed by atoms with Crippen LogP contribution in [-0.2, 0) is 0 Å². The predicted octanol–water partition coefficient (Wildman–Crippen LogP) is 9.58. The number of fused-ring (bicyclic) bond motifs is 2. The third-order valence-corrected chi connectivity index (χ3v) is 13.8. The summed E-state index contributed by atoms with van der Waals surface area (Å²) in [6.07, 6.45) is 7.41. The Bertz CT molecular complexity index is 690. The van der Waals surface area contributed by atoms with Crippen molar-refractivity contribution in [3.05, 3.63) is 0 Å². The molecule has 0 aromatic heterocycles. The summed E-state index contributed by atoms with van der Waals surface area (Å²) >= 11 is 0. The fraction of sp³-hybridized carbons (Fsp3) is 1.00. The molecule has 32 heavy (non-hydrogen) atoms. The molecule has 0 heterocycles. The molecule has 4 aliphatic rings. The highest BCUT2D eigenvalue weighted by Gasteiger charge is 2.72. The van der Waals surface area contributed by atoms with Gasteiger partial charge in [0.15, 0.2) is 0 Å². The standard InChI is InChI=1S/C32H58/c1-13-20(6)28-24-14-15-26-29(24)30(10,16-25(28)18(2)3)17-31(11)22(8)21(7)27(19(4)5)23(9)32(26,31)12/h18-29H,13-17H2,1-12H3. The van der Waals surface area contributed by atoms with Crippen molar-refractivity contribution in [1.82, 2.24) is 0 Å². The lowest BCUT2D eigenvalue weighted by Gasteiger charge is -2.73. The molecular weight excluding hydrogens is 384 g/mol. The fourth-order valence-corrected chi connectivity index (χ4v) is 12.2. The van der Waals surface area contributed by atoms with Crippen LogP contribution in [0.15, 0.2) is 0 Å². The van der Waals surface area contributed by atoms with Crippen LogP contribution in [0.25, 0.3) is 0 Å². The zero-order chi connectivity index (χ0) is 24.0. The van der Waals surface area contributed by atoms with Gasteiger partial charge >= 0.3 is 0 Å². The van der Waals surface area contributed by atoms with E-state index in [4.69, 9.17) is 0 Å². The van der Waals surface area contributed by atoms with Crippen molar-refractivity contribution in [2.75, 3.05) is 0 Å². The Labute approximate surface area is 202 Å². The summed E-state index contributed by atoms with van der Waals surface area (Å²) in [6, 6.07) is 0. The van der Waals surface area contributed by atoms with Gasteiger partial charge in [-0.2, -0.15) is 0 Å². The van der Waals surface area contributed by atoms with Gasteiger partial charge in [0, 0.05) is 0 Å². The Morgan fingerprint density at radius 2 is 1.44 bits per heavy atom. The van der Waals surface area contributed by atoms with E-state index >= 15 is 0 Å². The van der Waals surface area contributed by atoms with Crippen LogP contribution in [0.2, 0.25) is 0 Å². The van der Waals surface area contributed by atoms with Crippen LogP contribution in [0.5, 0.6) is 0 Å². The van der Waals surface area contributed by atoms with Crippen molar-refractivity contribution in [1.29, 1.82) is 0 Å². The van der Waals surface area contributed by atoms with Gasteiger partial charge in [0.25, 0.3) is 0 Å². The van der Waals surface area contributed by atoms with Crippen molar-refractivity contribution < 1.29 is 0 Å². The topological polar surface area (TPSA) is 0 Å². The first-order valence-electron chi connectivity index (χ1n) is 14.8. The minimum Gasteiger partial charge on any atom is -0.0651 e. The SMILES string of the molecule is CCC(C)C1C(C(C)C)CC2(C)CC3(C)C(C)C(C)C(C(C)C)C(C)C3(C)C3CCC1C32. The Hall–Kier alpha value is 0. The van der Waals surface area contributed by atoms with Crippen LogP contribution in [0.3, 0.4) is 0 Å². The van der Waals surface area contributed by atoms with Gasteiger partial charge in [0.1, 0.15) is 0 Å². The molecule has 0 spiro atoms. The summed E-state index contributed by atoms with van der Waals surface area (Å²) in [5, 5.41) is 0. The molecule has 13 unspecified atom stereocenters. The van der Waals surface area contributed by atoms with E-state index in [0.29, 0.717) is 16.2 Å². The minimum atomic E-state index is 0.479. The Balaban J connectivity index is 1.84. The Morgan fingerprint density at radius 1 is 0.812 bits per heavy atom. The van der Waals surface area contributed by atoms with Crippen molar-refractivity contribution in [2.24, 2.45) is 87.3 Å². The van der Waals surface area contributed by atoms with Gasteiger partial charge in [0.05, 0.1) is 0 Å². The lowest BCUT2D eigenvalue weighted by atomic mass is 9.31. The zero-order valence-electron chi connectivity index (χ0n) is 24.0. The van der Waals surface area contributed by atoms with Gasteiger partial charge < -0.3 is 0 Å². The molecule has 0 aromatic rings. The molecule has 4 fully saturated rings. The van der Waals surface area contributed by atoms with Gasteiger partial charge in [-0.1, -0.05) is 89.5 Å². The molecule has 0 radical (unpaired) electrons. The highest BCUT2D eigenvalue weighted by molar-refractivity contribution is 5.20. The smallest absolute Gasteiger partial charge is 0.0209 e. The predicted molar refractivity (Wildman–Crippen MR) is 140 cm³/mol. The number of rotatable bonds is 4. The molecule has 0 saturated heterocycles. The normalized spacial score (nSPS) is 56.2. The van der Waals surface area contributed by atoms with E-state index in [-0.39, 0.29) is 0 Å². The molecule has 0 aromatic carbocycles. The Morgan fingerprint density at radius 3 is 1.97 bits per heavy atom. The van der Waals surface area contributed by atoms with E-state index in [2.05, 4.69) is 83.1 Å². The molecule has 0 bridgehead atoms. The molecule has 13 atom stereocenters. The second-order valence-electron chi connectivity index (χ2n) is 15.2. The summed E-state index contributed by atoms with van der Waals surface area (Å²) in [5.41, 5.74) is 1.53. The number of hydrogen-bond donors (Lipinski definition) is 0. The van der Waals surface area contributed by atoms with E-state index in [9.17, 15) is 0 Å². The Kier molecular flexibility index (Phi) is 6.29. The largest absolute Gasteiger partial charge is 0.0651 e. The van der Waals surface area contributed by atoms with Crippen molar-refractivity contribution in [2.45, 2.75) is 115 Å². The molecule has 4 aliphatic carbocycles. The third-order valence-electron chi connectivity index (χ3n) is 13.8. The summed E-state index contributed by atoms with van der Waals surface area (Å²) in [5.74, 6) is 10.7. The van der Waals surface area contributed by atoms with Crippen LogP contribution < -0.4 is 0 Å². The molecule has 186 valence electrons. The highest BCUT2D eigenvalue weighted by Crippen LogP contribution is 2.78. The average Bonchev–Trinajstić information content (AvgIpc) is 3.16. The maximum Gasteiger partial charge on any atom is -0.0209 e. The molecule has 0 nitrogen and oxygen atoms in total. The molecular formula is C32H58. The second kappa shape index (κ2) is 8.01. The van der Waals surface area contributed by atoms with Gasteiger partial charge in [-0.05, 0) is 113 Å². The van der Waals surface area contributed by atoms with Crippen molar-refractivity contribution in [3.63, 3.8) is 0 Å². The highest BCUT2D eigenvalue weighted by atomic mass is 14.8. The molecule has 0 amide bonds. The van der Waals surface area contributed by atoms with Gasteiger partial charge in [0.2, 0.25) is 0 Å². The van der Waals surface area contributed by atoms with E-state index in [1.54, 1.807) is 0 Å². The van der Waals surface area contributed by atoms with Crippen LogP contribution in [0.1, 0.15) is 115 Å². The van der Waals surface area contributed by atoms with Crippen LogP contribution >= 0.6 is 0 Å². The van der Waals surface area contributed by atoms with Gasteiger partial charge in [-0.15, -0.1) is 0 Å². The van der Waals surface area contributed by atoms with Crippen LogP contribution in [0.4, 0.5) is 0 Å². The minimum absolute atomic E-state index is 0.479. The molecule has 0 N–H and O–H groups in total. The van der Waals surface area contributed by atoms with Gasteiger partial charge in [-0.25, -0.2) is 0 Å². The lowest BCUT2D eigenvalue weighted by molar-refractivity contribution is -0.255. The van der Waals surface area contributed by atoms with E-state index in [1.165, 1.54) is 32.1 Å². The summed E-state index contributed by atoms with van der Waals surface area (Å²) < 4.78 is 0. The third kappa shape index (κ3) is 3.05. The molecule has 0 heteroatoms. The fourth-order valence-electron chi connectivity index (χ4n) is 12.2. The second-order valence-corrected chi connectivity index (χ2v) is 15.2. The quantitative estimate of drug-likeness (QED) is 0.406. The van der Waals surface area contributed by atoms with Gasteiger partial charge in [-0.3, -0.25) is 0 Å². The molecule has 4 rings (SSSR count). The maximum atomic E-state index is 2.81. The van der Waals surface area contributed by atoms with E-state index < -0.39 is 0 Å². The number of hydrogen-bond acceptors (Lipinski definition) is 0. The van der Waals surface area contributed by atoms with E-state index in [0.717, 1.165) is 71.0 Å². The summed E-state index contributed by atoms with van der Waals surface area (Å²) in [7, 11) is 0. The lowest BCUT2D eigenvalue weighted by Crippen LogP contribution is -2.68. The molecule has 4 saturated carbocycles. The van der Waals surface area contributed by atoms with Crippen molar-refractivity contribution in [3.8, 4) is 0 Å². The summed E-state index contributed by atoms with van der Waals surface area (Å²) in [4.78, 5) is 0. The van der Waals surface area contributed by atoms with Crippen LogP contribution in [0, 0.1) is 87.3 Å². The first kappa shape index (κ1) is 25.1. The van der Waals surface area contributed by atoms with E-state index in [1.807, 2.05) is 0 Å². The average molecular weight is 443 g/mol. The molecule has 0 aliphatic heterocycles. The zero-order valence-corrected chi connectivity index (χ0v) is 24.0. The maximum absolute atomic E-state index is 2.81. The monoisotopic (exact) mass is 442 g/mol. The van der Waals surface area contributed by atoms with Crippen LogP contribution in [-0.4, -0.2) is 0 Å². The van der Waals surface area contributed by atoms with Crippen molar-refractivity contribution >= 4 is 0 Å².